The zero-order chi connectivity index (χ0) is 17.1. The fraction of sp³-hybridized carbons (Fsp3) is 0.0833. The third-order valence-corrected chi connectivity index (χ3v) is 14.2. The zero-order valence-corrected chi connectivity index (χ0v) is 18.4. The van der Waals surface area contributed by atoms with Crippen molar-refractivity contribution >= 4 is 25.4 Å². The first-order chi connectivity index (χ1) is 12.9. The smallest absolute Gasteiger partial charge is 1.00 e. The molecule has 28 heavy (non-hydrogen) atoms. The minimum atomic E-state index is -0.650. The second-order valence-corrected chi connectivity index (χ2v) is 13.0. The second kappa shape index (κ2) is 7.62. The average molecular weight is 466 g/mol. The molecule has 3 aromatic carbocycles. The van der Waals surface area contributed by atoms with E-state index in [-0.39, 0.29) is 17.3 Å². The normalized spacial score (nSPS) is 22.5. The molecule has 0 amide bonds. The molecule has 1 saturated heterocycles. The van der Waals surface area contributed by atoms with E-state index in [1.807, 2.05) is 0 Å². The number of fused-ring (bicyclic) bond motifs is 6. The number of hydrogen-bond acceptors (Lipinski definition) is 0. The first kappa shape index (κ1) is 19.6. The summed E-state index contributed by atoms with van der Waals surface area (Å²) in [6.45, 7) is 0. The van der Waals surface area contributed by atoms with Crippen molar-refractivity contribution in [1.82, 2.24) is 0 Å². The molecule has 3 aliphatic rings. The predicted octanol–water partition coefficient (Wildman–Crippen LogP) is 0.0895. The summed E-state index contributed by atoms with van der Waals surface area (Å²) in [5, 5.41) is 4.98. The van der Waals surface area contributed by atoms with Gasteiger partial charge in [0.25, 0.3) is 0 Å². The van der Waals surface area contributed by atoms with E-state index in [0.717, 1.165) is 7.25 Å². The maximum absolute atomic E-state index is 2.54. The van der Waals surface area contributed by atoms with Gasteiger partial charge in [0.05, 0.1) is 0 Å². The summed E-state index contributed by atoms with van der Waals surface area (Å²) in [5.74, 6) is 0. The summed E-state index contributed by atoms with van der Waals surface area (Å²) in [7, 11) is -0.376. The van der Waals surface area contributed by atoms with Gasteiger partial charge in [-0.3, -0.25) is 0 Å². The molecule has 2 unspecified atom stereocenters. The minimum absolute atomic E-state index is 0. The molecule has 1 aliphatic heterocycles. The van der Waals surface area contributed by atoms with Crippen molar-refractivity contribution in [2.24, 2.45) is 0 Å². The summed E-state index contributed by atoms with van der Waals surface area (Å²) in [6, 6.07) is 29.5. The Morgan fingerprint density at radius 2 is 1.04 bits per heavy atom. The Morgan fingerprint density at radius 1 is 0.571 bits per heavy atom. The van der Waals surface area contributed by atoms with Gasteiger partial charge in [0, 0.05) is 0 Å². The van der Waals surface area contributed by atoms with Crippen molar-refractivity contribution < 1.29 is 32.6 Å². The summed E-state index contributed by atoms with van der Waals surface area (Å²) in [6.07, 6.45) is 5.08. The fourth-order valence-corrected chi connectivity index (χ4v) is 14.3. The molecule has 0 aromatic heterocycles. The van der Waals surface area contributed by atoms with Gasteiger partial charge < -0.3 is 9.41 Å². The molecule has 0 N–H and O–H groups in total. The van der Waals surface area contributed by atoms with Gasteiger partial charge >= 0.3 is 168 Å². The summed E-state index contributed by atoms with van der Waals surface area (Å²) in [4.78, 5) is 0. The van der Waals surface area contributed by atoms with Gasteiger partial charge in [-0.1, -0.05) is 0 Å². The standard InChI is InChI=1S/C24H17P.2FH.Zr/c1-2-12-22(13-3-1)25(23-14-18-8-4-5-9-19(18)15-23)24-16-20-10-6-7-11-21(20)17-24;;;/h1-17H;2*1H;/q;;;+2/p-2. The Bertz CT molecular complexity index is 1020. The molecule has 6 rings (SSSR count). The molecule has 2 aliphatic carbocycles. The van der Waals surface area contributed by atoms with Crippen LogP contribution in [0.3, 0.4) is 0 Å². The van der Waals surface area contributed by atoms with E-state index in [1.54, 1.807) is 21.8 Å². The first-order valence-electron chi connectivity index (χ1n) is 9.12. The number of allylic oxidation sites excluding steroid dienone is 2. The van der Waals surface area contributed by atoms with Gasteiger partial charge in [0.1, 0.15) is 0 Å². The maximum Gasteiger partial charge on any atom is -1.00 e. The Labute approximate surface area is 176 Å². The van der Waals surface area contributed by atoms with Gasteiger partial charge in [-0.2, -0.15) is 0 Å². The molecule has 1 heterocycles. The Hall–Kier alpha value is -1.69. The first-order valence-corrected chi connectivity index (χ1v) is 13.3. The number of hydrogen-bond donors (Lipinski definition) is 0. The van der Waals surface area contributed by atoms with Crippen molar-refractivity contribution in [2.75, 3.05) is 0 Å². The number of benzene rings is 3. The predicted molar refractivity (Wildman–Crippen MR) is 107 cm³/mol. The largest absolute Gasteiger partial charge is 1.00 e. The van der Waals surface area contributed by atoms with Crippen LogP contribution in [-0.2, 0) is 23.2 Å². The van der Waals surface area contributed by atoms with Crippen LogP contribution in [0.4, 0.5) is 0 Å². The van der Waals surface area contributed by atoms with Crippen LogP contribution in [0, 0.1) is 0 Å². The van der Waals surface area contributed by atoms with Crippen LogP contribution in [0.2, 0.25) is 0 Å². The van der Waals surface area contributed by atoms with Gasteiger partial charge in [-0.05, 0) is 0 Å². The maximum atomic E-state index is 2.54. The zero-order valence-electron chi connectivity index (χ0n) is 15.0. The van der Waals surface area contributed by atoms with Crippen LogP contribution >= 0.6 is 7.92 Å². The van der Waals surface area contributed by atoms with Crippen molar-refractivity contribution in [1.29, 1.82) is 0 Å². The van der Waals surface area contributed by atoms with E-state index in [2.05, 4.69) is 91.0 Å². The molecule has 1 fully saturated rings. The quantitative estimate of drug-likeness (QED) is 0.447. The second-order valence-electron chi connectivity index (χ2n) is 7.10. The van der Waals surface area contributed by atoms with Gasteiger partial charge in [-0.15, -0.1) is 0 Å². The third-order valence-electron chi connectivity index (χ3n) is 5.68. The van der Waals surface area contributed by atoms with E-state index in [4.69, 9.17) is 0 Å². The van der Waals surface area contributed by atoms with Gasteiger partial charge in [-0.25, -0.2) is 0 Å². The van der Waals surface area contributed by atoms with Crippen LogP contribution in [0.25, 0.3) is 12.2 Å². The van der Waals surface area contributed by atoms with Crippen LogP contribution in [-0.4, -0.2) is 0 Å². The van der Waals surface area contributed by atoms with Crippen molar-refractivity contribution in [3.8, 4) is 0 Å². The van der Waals surface area contributed by atoms with Crippen LogP contribution < -0.4 is 14.7 Å². The summed E-state index contributed by atoms with van der Waals surface area (Å²) >= 11 is -0.650. The molecule has 136 valence electrons. The van der Waals surface area contributed by atoms with E-state index >= 15 is 0 Å². The molecule has 3 aromatic rings. The van der Waals surface area contributed by atoms with Crippen LogP contribution in [0.15, 0.2) is 89.5 Å². The molecular formula is C24H17F2PZr. The Kier molecular flexibility index (Phi) is 5.34. The average Bonchev–Trinajstić information content (AvgIpc) is 3.25. The SMILES string of the molecule is C1=C2[CH]([Zr+2][CH]3C(=Cc4ccccc43)P2c2ccccc2)c2ccccc21.[F-].[F-]. The Morgan fingerprint density at radius 3 is 1.57 bits per heavy atom. The fourth-order valence-electron chi connectivity index (χ4n) is 4.54. The Balaban J connectivity index is 0.000000961. The molecule has 0 radical (unpaired) electrons. The summed E-state index contributed by atoms with van der Waals surface area (Å²) < 4.78 is 1.49. The van der Waals surface area contributed by atoms with Crippen LogP contribution in [0.5, 0.6) is 0 Å². The molecule has 0 spiro atoms. The monoisotopic (exact) mass is 464 g/mol. The van der Waals surface area contributed by atoms with E-state index < -0.39 is 23.2 Å². The van der Waals surface area contributed by atoms with Gasteiger partial charge in [0.2, 0.25) is 0 Å². The summed E-state index contributed by atoms with van der Waals surface area (Å²) in [5.41, 5.74) is 6.18. The molecule has 2 atom stereocenters. The minimum Gasteiger partial charge on any atom is -1.00 e. The molecular weight excluding hydrogens is 448 g/mol. The van der Waals surface area contributed by atoms with Crippen LogP contribution in [0.1, 0.15) is 29.5 Å². The van der Waals surface area contributed by atoms with E-state index in [1.165, 1.54) is 16.4 Å². The molecule has 4 heteroatoms. The third kappa shape index (κ3) is 2.83. The van der Waals surface area contributed by atoms with Gasteiger partial charge in [0.15, 0.2) is 0 Å². The van der Waals surface area contributed by atoms with Crippen molar-refractivity contribution in [3.63, 3.8) is 0 Å². The topological polar surface area (TPSA) is 0 Å². The molecule has 0 saturated carbocycles. The van der Waals surface area contributed by atoms with E-state index in [0.29, 0.717) is 0 Å². The molecule has 0 bridgehead atoms. The number of halogens is 2. The molecule has 0 nitrogen and oxygen atoms in total. The van der Waals surface area contributed by atoms with Crippen molar-refractivity contribution in [2.45, 2.75) is 7.25 Å². The van der Waals surface area contributed by atoms with E-state index in [9.17, 15) is 0 Å². The van der Waals surface area contributed by atoms with Crippen molar-refractivity contribution in [3.05, 3.63) is 112 Å². The number of rotatable bonds is 1.